The zero-order chi connectivity index (χ0) is 12.5. The number of aromatic nitrogens is 2. The van der Waals surface area contributed by atoms with Crippen molar-refractivity contribution in [1.82, 2.24) is 14.5 Å². The predicted octanol–water partition coefficient (Wildman–Crippen LogP) is 1.85. The molecule has 1 aliphatic heterocycles. The number of amides is 1. The van der Waals surface area contributed by atoms with Gasteiger partial charge in [-0.3, -0.25) is 4.79 Å². The molecule has 4 heteroatoms. The maximum absolute atomic E-state index is 12.3. The molecule has 0 spiro atoms. The second-order valence-electron chi connectivity index (χ2n) is 4.63. The van der Waals surface area contributed by atoms with Crippen molar-refractivity contribution in [2.45, 2.75) is 20.0 Å². The number of nitrogens with zero attached hydrogens (tertiary/aromatic N) is 3. The van der Waals surface area contributed by atoms with E-state index >= 15 is 0 Å². The number of aryl methyl sites for hydroxylation is 1. The van der Waals surface area contributed by atoms with Gasteiger partial charge in [-0.25, -0.2) is 4.98 Å². The fraction of sp³-hybridized carbons (Fsp3) is 0.286. The van der Waals surface area contributed by atoms with Crippen molar-refractivity contribution in [2.24, 2.45) is 0 Å². The van der Waals surface area contributed by atoms with E-state index in [1.54, 1.807) is 6.20 Å². The maximum Gasteiger partial charge on any atom is 0.254 e. The van der Waals surface area contributed by atoms with Crippen molar-refractivity contribution in [3.8, 4) is 0 Å². The van der Waals surface area contributed by atoms with Gasteiger partial charge in [0.05, 0.1) is 6.54 Å². The number of imidazole rings is 1. The average molecular weight is 241 g/mol. The standard InChI is InChI=1S/C14H15N3O/c1-11-2-4-12(5-3-11)14(18)17-9-8-16-7-6-15-13(16)10-17/h2-7H,8-10H2,1H3. The first kappa shape index (κ1) is 11.0. The summed E-state index contributed by atoms with van der Waals surface area (Å²) in [6.45, 7) is 4.19. The Morgan fingerprint density at radius 3 is 2.78 bits per heavy atom. The zero-order valence-electron chi connectivity index (χ0n) is 10.3. The van der Waals surface area contributed by atoms with Crippen molar-refractivity contribution in [3.63, 3.8) is 0 Å². The summed E-state index contributed by atoms with van der Waals surface area (Å²) in [6, 6.07) is 7.72. The zero-order valence-corrected chi connectivity index (χ0v) is 10.3. The summed E-state index contributed by atoms with van der Waals surface area (Å²) in [6.07, 6.45) is 3.75. The molecule has 0 saturated carbocycles. The third-order valence-electron chi connectivity index (χ3n) is 3.33. The Morgan fingerprint density at radius 2 is 2.00 bits per heavy atom. The van der Waals surface area contributed by atoms with E-state index in [1.165, 1.54) is 5.56 Å². The predicted molar refractivity (Wildman–Crippen MR) is 68.1 cm³/mol. The Kier molecular flexibility index (Phi) is 2.63. The number of hydrogen-bond donors (Lipinski definition) is 0. The minimum Gasteiger partial charge on any atom is -0.332 e. The summed E-state index contributed by atoms with van der Waals surface area (Å²) in [5.74, 6) is 1.05. The van der Waals surface area contributed by atoms with E-state index in [9.17, 15) is 4.79 Å². The number of fused-ring (bicyclic) bond motifs is 1. The molecule has 2 aromatic rings. The number of rotatable bonds is 1. The lowest BCUT2D eigenvalue weighted by molar-refractivity contribution is 0.0707. The highest BCUT2D eigenvalue weighted by molar-refractivity contribution is 5.94. The second kappa shape index (κ2) is 4.29. The number of carbonyl (C=O) groups excluding carboxylic acids is 1. The average Bonchev–Trinajstić information content (AvgIpc) is 2.86. The second-order valence-corrected chi connectivity index (χ2v) is 4.63. The van der Waals surface area contributed by atoms with Gasteiger partial charge in [-0.2, -0.15) is 0 Å². The summed E-state index contributed by atoms with van der Waals surface area (Å²) in [5.41, 5.74) is 1.92. The van der Waals surface area contributed by atoms with E-state index in [0.717, 1.165) is 24.5 Å². The molecule has 1 amide bonds. The van der Waals surface area contributed by atoms with Crippen molar-refractivity contribution in [3.05, 3.63) is 53.6 Å². The topological polar surface area (TPSA) is 38.1 Å². The summed E-state index contributed by atoms with van der Waals surface area (Å²) in [4.78, 5) is 18.5. The molecule has 0 fully saturated rings. The molecule has 1 aliphatic rings. The van der Waals surface area contributed by atoms with Gasteiger partial charge in [0.25, 0.3) is 5.91 Å². The molecule has 0 unspecified atom stereocenters. The van der Waals surface area contributed by atoms with E-state index in [2.05, 4.69) is 9.55 Å². The summed E-state index contributed by atoms with van der Waals surface area (Å²) < 4.78 is 2.10. The van der Waals surface area contributed by atoms with Crippen LogP contribution in [0.5, 0.6) is 0 Å². The van der Waals surface area contributed by atoms with Crippen molar-refractivity contribution < 1.29 is 4.79 Å². The Hall–Kier alpha value is -2.10. The smallest absolute Gasteiger partial charge is 0.254 e. The van der Waals surface area contributed by atoms with Crippen molar-refractivity contribution >= 4 is 5.91 Å². The van der Waals surface area contributed by atoms with Crippen LogP contribution in [0.1, 0.15) is 21.7 Å². The summed E-state index contributed by atoms with van der Waals surface area (Å²) in [7, 11) is 0. The van der Waals surface area contributed by atoms with Gasteiger partial charge in [0.1, 0.15) is 5.82 Å². The first-order chi connectivity index (χ1) is 8.74. The minimum atomic E-state index is 0.0873. The SMILES string of the molecule is Cc1ccc(C(=O)N2CCn3ccnc3C2)cc1. The fourth-order valence-corrected chi connectivity index (χ4v) is 2.23. The molecule has 2 heterocycles. The molecule has 18 heavy (non-hydrogen) atoms. The molecule has 4 nitrogen and oxygen atoms in total. The van der Waals surface area contributed by atoms with Gasteiger partial charge in [-0.1, -0.05) is 17.7 Å². The third-order valence-corrected chi connectivity index (χ3v) is 3.33. The Labute approximate surface area is 106 Å². The van der Waals surface area contributed by atoms with Crippen molar-refractivity contribution in [1.29, 1.82) is 0 Å². The molecule has 3 rings (SSSR count). The van der Waals surface area contributed by atoms with Crippen LogP contribution in [-0.2, 0) is 13.1 Å². The van der Waals surface area contributed by atoms with Crippen LogP contribution in [0.4, 0.5) is 0 Å². The Balaban J connectivity index is 1.80. The normalized spacial score (nSPS) is 14.4. The van der Waals surface area contributed by atoms with E-state index in [0.29, 0.717) is 6.54 Å². The lowest BCUT2D eigenvalue weighted by atomic mass is 10.1. The van der Waals surface area contributed by atoms with Crippen LogP contribution in [0.3, 0.4) is 0 Å². The highest BCUT2D eigenvalue weighted by atomic mass is 16.2. The van der Waals surface area contributed by atoms with Crippen LogP contribution in [0.25, 0.3) is 0 Å². The molecule has 0 radical (unpaired) electrons. The molecule has 0 saturated heterocycles. The first-order valence-corrected chi connectivity index (χ1v) is 6.10. The van der Waals surface area contributed by atoms with Crippen LogP contribution in [0.15, 0.2) is 36.7 Å². The molecule has 0 bridgehead atoms. The van der Waals surface area contributed by atoms with Crippen molar-refractivity contribution in [2.75, 3.05) is 6.54 Å². The van der Waals surface area contributed by atoms with Gasteiger partial charge in [-0.05, 0) is 19.1 Å². The highest BCUT2D eigenvalue weighted by Crippen LogP contribution is 2.14. The van der Waals surface area contributed by atoms with Crippen LogP contribution >= 0.6 is 0 Å². The highest BCUT2D eigenvalue weighted by Gasteiger charge is 2.21. The van der Waals surface area contributed by atoms with Crippen LogP contribution in [-0.4, -0.2) is 26.9 Å². The molecular formula is C14H15N3O. The number of carbonyl (C=O) groups is 1. The van der Waals surface area contributed by atoms with Gasteiger partial charge in [0, 0.05) is 31.0 Å². The summed E-state index contributed by atoms with van der Waals surface area (Å²) in [5, 5.41) is 0. The Morgan fingerprint density at radius 1 is 1.22 bits per heavy atom. The quantitative estimate of drug-likeness (QED) is 0.764. The fourth-order valence-electron chi connectivity index (χ4n) is 2.23. The van der Waals surface area contributed by atoms with Crippen LogP contribution in [0.2, 0.25) is 0 Å². The molecule has 1 aromatic heterocycles. The third kappa shape index (κ3) is 1.90. The number of hydrogen-bond acceptors (Lipinski definition) is 2. The monoisotopic (exact) mass is 241 g/mol. The maximum atomic E-state index is 12.3. The Bertz CT molecular complexity index is 571. The van der Waals surface area contributed by atoms with E-state index in [4.69, 9.17) is 0 Å². The molecule has 0 aliphatic carbocycles. The van der Waals surface area contributed by atoms with E-state index in [-0.39, 0.29) is 5.91 Å². The number of benzene rings is 1. The van der Waals surface area contributed by atoms with E-state index in [1.807, 2.05) is 42.3 Å². The minimum absolute atomic E-state index is 0.0873. The molecule has 0 atom stereocenters. The lowest BCUT2D eigenvalue weighted by Crippen LogP contribution is -2.38. The van der Waals surface area contributed by atoms with Crippen LogP contribution < -0.4 is 0 Å². The molecular weight excluding hydrogens is 226 g/mol. The summed E-state index contributed by atoms with van der Waals surface area (Å²) >= 11 is 0. The van der Waals surface area contributed by atoms with Crippen LogP contribution in [0, 0.1) is 6.92 Å². The molecule has 0 N–H and O–H groups in total. The van der Waals surface area contributed by atoms with Gasteiger partial charge in [-0.15, -0.1) is 0 Å². The van der Waals surface area contributed by atoms with Gasteiger partial charge in [0.15, 0.2) is 0 Å². The first-order valence-electron chi connectivity index (χ1n) is 6.10. The molecule has 92 valence electrons. The lowest BCUT2D eigenvalue weighted by Gasteiger charge is -2.27. The van der Waals surface area contributed by atoms with Gasteiger partial charge < -0.3 is 9.47 Å². The van der Waals surface area contributed by atoms with Gasteiger partial charge >= 0.3 is 0 Å². The van der Waals surface area contributed by atoms with Gasteiger partial charge in [0.2, 0.25) is 0 Å². The molecule has 1 aromatic carbocycles. The largest absolute Gasteiger partial charge is 0.332 e. The van der Waals surface area contributed by atoms with E-state index < -0.39 is 0 Å².